The van der Waals surface area contributed by atoms with E-state index in [1.807, 2.05) is 54.7 Å². The van der Waals surface area contributed by atoms with Gasteiger partial charge in [0.05, 0.1) is 11.4 Å². The van der Waals surface area contributed by atoms with Crippen LogP contribution in [0.1, 0.15) is 51.1 Å². The SMILES string of the molecule is C=C/C=C\C(=C)C1=C(O)CC(N(c2ccc(C)cc2C)c2ccc(C=C)c3c2ccc2ccc(N(C4=CC=C=Cc5c4oc4ccccc54)c4ccc(C)cc4C)c(C)c23)=CC=C1. The molecule has 9 rings (SSSR count). The fourth-order valence-electron chi connectivity index (χ4n) is 9.29. The molecule has 0 atom stereocenters. The minimum atomic E-state index is 0.249. The Morgan fingerprint density at radius 2 is 1.44 bits per heavy atom. The maximum Gasteiger partial charge on any atom is 0.160 e. The van der Waals surface area contributed by atoms with Crippen molar-refractivity contribution in [3.8, 4) is 0 Å². The molecule has 4 heteroatoms. The highest BCUT2D eigenvalue weighted by Crippen LogP contribution is 2.48. The molecule has 1 aromatic heterocycles. The molecule has 0 saturated heterocycles. The Morgan fingerprint density at radius 1 is 0.746 bits per heavy atom. The lowest BCUT2D eigenvalue weighted by Gasteiger charge is -2.32. The van der Waals surface area contributed by atoms with Crippen molar-refractivity contribution in [1.29, 1.82) is 0 Å². The Balaban J connectivity index is 1.30. The molecule has 1 heterocycles. The maximum absolute atomic E-state index is 11.8. The van der Waals surface area contributed by atoms with Gasteiger partial charge in [0.25, 0.3) is 0 Å². The number of furan rings is 1. The quantitative estimate of drug-likeness (QED) is 0.0848. The fraction of sp³-hybridized carbons (Fsp3) is 0.102. The molecule has 0 amide bonds. The van der Waals surface area contributed by atoms with Gasteiger partial charge in [-0.1, -0.05) is 134 Å². The van der Waals surface area contributed by atoms with Gasteiger partial charge >= 0.3 is 0 Å². The fourth-order valence-corrected chi connectivity index (χ4v) is 9.29. The number of aliphatic hydroxyl groups excluding tert-OH is 1. The molecule has 308 valence electrons. The molecule has 6 aromatic carbocycles. The lowest BCUT2D eigenvalue weighted by atomic mass is 9.91. The normalized spacial score (nSPS) is 13.6. The van der Waals surface area contributed by atoms with E-state index in [0.29, 0.717) is 17.6 Å². The van der Waals surface area contributed by atoms with Crippen molar-refractivity contribution in [1.82, 2.24) is 0 Å². The van der Waals surface area contributed by atoms with Crippen LogP contribution in [0.3, 0.4) is 0 Å². The summed E-state index contributed by atoms with van der Waals surface area (Å²) in [6, 6.07) is 34.7. The number of hydrogen-bond acceptors (Lipinski definition) is 4. The van der Waals surface area contributed by atoms with Gasteiger partial charge in [-0.25, -0.2) is 0 Å². The molecular formula is C59H50N2O2. The Kier molecular flexibility index (Phi) is 10.7. The predicted octanol–water partition coefficient (Wildman–Crippen LogP) is 16.4. The number of aliphatic hydroxyl groups is 1. The van der Waals surface area contributed by atoms with Crippen LogP contribution in [-0.2, 0) is 0 Å². The smallest absolute Gasteiger partial charge is 0.160 e. The molecule has 7 aromatic rings. The van der Waals surface area contributed by atoms with Gasteiger partial charge in [0.1, 0.15) is 11.3 Å². The molecule has 0 unspecified atom stereocenters. The van der Waals surface area contributed by atoms with E-state index >= 15 is 0 Å². The summed E-state index contributed by atoms with van der Waals surface area (Å²) in [5.41, 5.74) is 19.4. The highest BCUT2D eigenvalue weighted by atomic mass is 16.3. The van der Waals surface area contributed by atoms with E-state index in [2.05, 4.69) is 167 Å². The molecule has 0 saturated carbocycles. The number of benzene rings is 6. The Morgan fingerprint density at radius 3 is 2.17 bits per heavy atom. The van der Waals surface area contributed by atoms with Gasteiger partial charge in [0.2, 0.25) is 0 Å². The number of fused-ring (bicyclic) bond motifs is 6. The molecule has 0 bridgehead atoms. The van der Waals surface area contributed by atoms with Crippen LogP contribution in [0.4, 0.5) is 22.7 Å². The van der Waals surface area contributed by atoms with Gasteiger partial charge < -0.3 is 19.3 Å². The predicted molar refractivity (Wildman–Crippen MR) is 269 cm³/mol. The summed E-state index contributed by atoms with van der Waals surface area (Å²) in [5, 5.41) is 17.2. The second-order valence-corrected chi connectivity index (χ2v) is 16.5. The van der Waals surface area contributed by atoms with Gasteiger partial charge in [0, 0.05) is 51.1 Å². The van der Waals surface area contributed by atoms with Gasteiger partial charge in [-0.15, -0.1) is 5.73 Å². The average Bonchev–Trinajstić information content (AvgIpc) is 3.36. The van der Waals surface area contributed by atoms with E-state index < -0.39 is 0 Å². The highest BCUT2D eigenvalue weighted by molar-refractivity contribution is 6.18. The molecule has 63 heavy (non-hydrogen) atoms. The lowest BCUT2D eigenvalue weighted by molar-refractivity contribution is 0.394. The van der Waals surface area contributed by atoms with Crippen molar-refractivity contribution in [2.45, 2.75) is 41.0 Å². The summed E-state index contributed by atoms with van der Waals surface area (Å²) in [7, 11) is 0. The molecule has 1 N–H and O–H groups in total. The van der Waals surface area contributed by atoms with E-state index in [9.17, 15) is 5.11 Å². The third-order valence-corrected chi connectivity index (χ3v) is 12.2. The van der Waals surface area contributed by atoms with Crippen LogP contribution in [0.2, 0.25) is 0 Å². The zero-order chi connectivity index (χ0) is 43.9. The summed E-state index contributed by atoms with van der Waals surface area (Å²) >= 11 is 0. The van der Waals surface area contributed by atoms with Crippen molar-refractivity contribution in [2.24, 2.45) is 0 Å². The van der Waals surface area contributed by atoms with Crippen molar-refractivity contribution < 1.29 is 9.52 Å². The number of para-hydroxylation sites is 1. The molecule has 2 aliphatic rings. The van der Waals surface area contributed by atoms with Gasteiger partial charge in [-0.3, -0.25) is 0 Å². The summed E-state index contributed by atoms with van der Waals surface area (Å²) in [4.78, 5) is 4.66. The van der Waals surface area contributed by atoms with Crippen LogP contribution in [0.25, 0.3) is 50.4 Å². The molecule has 0 spiro atoms. The van der Waals surface area contributed by atoms with Crippen LogP contribution in [0.5, 0.6) is 0 Å². The minimum Gasteiger partial charge on any atom is -0.511 e. The van der Waals surface area contributed by atoms with Gasteiger partial charge in [-0.2, -0.15) is 0 Å². The topological polar surface area (TPSA) is 39.9 Å². The van der Waals surface area contributed by atoms with E-state index in [1.54, 1.807) is 6.08 Å². The third-order valence-electron chi connectivity index (χ3n) is 12.2. The average molecular weight is 819 g/mol. The van der Waals surface area contributed by atoms with Crippen LogP contribution >= 0.6 is 0 Å². The molecule has 2 aliphatic carbocycles. The third kappa shape index (κ3) is 7.21. The second-order valence-electron chi connectivity index (χ2n) is 16.5. The molecule has 0 aliphatic heterocycles. The second kappa shape index (κ2) is 16.6. The van der Waals surface area contributed by atoms with E-state index in [0.717, 1.165) is 100 Å². The van der Waals surface area contributed by atoms with Gasteiger partial charge in [-0.05, 0) is 133 Å². The number of rotatable bonds is 10. The summed E-state index contributed by atoms with van der Waals surface area (Å²) in [5.74, 6) is 1.04. The van der Waals surface area contributed by atoms with Gasteiger partial charge in [0.15, 0.2) is 5.76 Å². The first kappa shape index (κ1) is 40.6. The largest absolute Gasteiger partial charge is 0.511 e. The zero-order valence-electron chi connectivity index (χ0n) is 36.6. The molecule has 4 nitrogen and oxygen atoms in total. The Hall–Kier alpha value is -7.78. The van der Waals surface area contributed by atoms with Crippen LogP contribution in [0, 0.1) is 34.6 Å². The number of hydrogen-bond donors (Lipinski definition) is 1. The highest BCUT2D eigenvalue weighted by Gasteiger charge is 2.28. The van der Waals surface area contributed by atoms with Crippen molar-refractivity contribution in [2.75, 3.05) is 9.80 Å². The number of aryl methyl sites for hydroxylation is 5. The molecular weight excluding hydrogens is 769 g/mol. The summed E-state index contributed by atoms with van der Waals surface area (Å²) in [6.07, 6.45) is 19.8. The number of allylic oxidation sites excluding steroid dienone is 10. The van der Waals surface area contributed by atoms with Crippen molar-refractivity contribution in [3.63, 3.8) is 0 Å². The van der Waals surface area contributed by atoms with E-state index in [4.69, 9.17) is 4.42 Å². The van der Waals surface area contributed by atoms with E-state index in [1.165, 1.54) is 11.1 Å². The first-order valence-corrected chi connectivity index (χ1v) is 21.4. The Bertz CT molecular complexity index is 3310. The van der Waals surface area contributed by atoms with E-state index in [-0.39, 0.29) is 5.76 Å². The first-order chi connectivity index (χ1) is 30.6. The zero-order valence-corrected chi connectivity index (χ0v) is 36.6. The van der Waals surface area contributed by atoms with Crippen molar-refractivity contribution >= 4 is 73.1 Å². The van der Waals surface area contributed by atoms with Crippen LogP contribution in [-0.4, -0.2) is 5.11 Å². The number of nitrogens with zero attached hydrogens (tertiary/aromatic N) is 2. The standard InChI is InChI=1S/C59H50N2O2/c1-9-11-17-39(5)46-21-16-18-45(36-55(46)62)60(50-30-24-37(3)34-40(50)6)53-33-27-43(10-2)58-49(53)29-26-44-28-32-52(42(8)57(44)58)61(51-31-25-38(4)35-41(51)7)54-22-14-12-20-48-47-19-13-15-23-56(47)63-59(48)54/h9-11,13-35,62H,1-2,5,36H2,3-4,6-8H3/b17-11-. The summed E-state index contributed by atoms with van der Waals surface area (Å²) < 4.78 is 6.75. The van der Waals surface area contributed by atoms with Crippen molar-refractivity contribution in [3.05, 3.63) is 238 Å². The molecule has 0 fully saturated rings. The molecule has 0 radical (unpaired) electrons. The number of anilines is 4. The maximum atomic E-state index is 11.8. The van der Waals surface area contributed by atoms with Crippen LogP contribution < -0.4 is 9.80 Å². The lowest BCUT2D eigenvalue weighted by Crippen LogP contribution is -2.19. The minimum absolute atomic E-state index is 0.249. The first-order valence-electron chi connectivity index (χ1n) is 21.4. The monoisotopic (exact) mass is 818 g/mol. The van der Waals surface area contributed by atoms with Crippen LogP contribution in [0.15, 0.2) is 198 Å². The Labute approximate surface area is 370 Å². The summed E-state index contributed by atoms with van der Waals surface area (Å²) in [6.45, 7) is 23.2.